The Hall–Kier alpha value is -1.52. The van der Waals surface area contributed by atoms with E-state index in [0.717, 1.165) is 23.6 Å². The summed E-state index contributed by atoms with van der Waals surface area (Å²) in [7, 11) is 0. The first kappa shape index (κ1) is 21.2. The fourth-order valence-electron chi connectivity index (χ4n) is 2.62. The lowest BCUT2D eigenvalue weighted by atomic mass is 10.3. The Kier molecular flexibility index (Phi) is 6.41. The minimum absolute atomic E-state index is 0.0717. The highest BCUT2D eigenvalue weighted by Crippen LogP contribution is 2.50. The Morgan fingerprint density at radius 3 is 2.86 bits per heavy atom. The van der Waals surface area contributed by atoms with Crippen molar-refractivity contribution in [2.45, 2.75) is 25.7 Å². The van der Waals surface area contributed by atoms with Crippen molar-refractivity contribution < 1.29 is 22.7 Å². The SMILES string of the molecule is CCN(C(=O)CCSCC1CC1(F)F)c1sc(-c2cc(F)c[n+]([O-])c2)nc1Cl. The minimum Gasteiger partial charge on any atom is -0.619 e. The molecule has 11 heteroatoms. The van der Waals surface area contributed by atoms with Crippen molar-refractivity contribution in [1.29, 1.82) is 0 Å². The molecule has 1 amide bonds. The Morgan fingerprint density at radius 1 is 1.54 bits per heavy atom. The zero-order valence-electron chi connectivity index (χ0n) is 14.8. The van der Waals surface area contributed by atoms with E-state index >= 15 is 0 Å². The van der Waals surface area contributed by atoms with E-state index in [1.165, 1.54) is 22.9 Å². The Bertz CT molecular complexity index is 861. The van der Waals surface area contributed by atoms with Gasteiger partial charge in [-0.05, 0) is 13.0 Å². The van der Waals surface area contributed by atoms with Crippen LogP contribution in [0.5, 0.6) is 0 Å². The molecule has 0 spiro atoms. The van der Waals surface area contributed by atoms with Gasteiger partial charge in [-0.15, -0.1) is 0 Å². The molecule has 0 saturated heterocycles. The van der Waals surface area contributed by atoms with Crippen LogP contribution >= 0.6 is 34.7 Å². The molecule has 5 nitrogen and oxygen atoms in total. The molecule has 1 atom stereocenters. The second kappa shape index (κ2) is 8.46. The molecule has 2 aromatic heterocycles. The summed E-state index contributed by atoms with van der Waals surface area (Å²) in [5, 5.41) is 12.2. The third-order valence-electron chi connectivity index (χ3n) is 4.22. The first-order valence-electron chi connectivity index (χ1n) is 8.53. The van der Waals surface area contributed by atoms with Gasteiger partial charge in [0.05, 0.1) is 5.56 Å². The predicted molar refractivity (Wildman–Crippen MR) is 105 cm³/mol. The van der Waals surface area contributed by atoms with E-state index in [-0.39, 0.29) is 29.5 Å². The fraction of sp³-hybridized carbons (Fsp3) is 0.471. The van der Waals surface area contributed by atoms with E-state index in [0.29, 0.717) is 32.8 Å². The smallest absolute Gasteiger partial charge is 0.252 e. The van der Waals surface area contributed by atoms with Crippen LogP contribution < -0.4 is 9.63 Å². The van der Waals surface area contributed by atoms with Gasteiger partial charge in [0.15, 0.2) is 17.2 Å². The van der Waals surface area contributed by atoms with Gasteiger partial charge in [0, 0.05) is 36.8 Å². The van der Waals surface area contributed by atoms with Crippen LogP contribution in [0.2, 0.25) is 5.15 Å². The van der Waals surface area contributed by atoms with Crippen molar-refractivity contribution in [2.75, 3.05) is 23.0 Å². The molecule has 0 N–H and O–H groups in total. The second-order valence-electron chi connectivity index (χ2n) is 6.34. The fourth-order valence-corrected chi connectivity index (χ4v) is 5.13. The number of carbonyl (C=O) groups excluding carboxylic acids is 1. The number of alkyl halides is 2. The highest BCUT2D eigenvalue weighted by atomic mass is 35.5. The molecule has 152 valence electrons. The van der Waals surface area contributed by atoms with Gasteiger partial charge in [-0.25, -0.2) is 18.2 Å². The summed E-state index contributed by atoms with van der Waals surface area (Å²) in [6, 6.07) is 1.16. The van der Waals surface area contributed by atoms with Gasteiger partial charge < -0.3 is 10.1 Å². The van der Waals surface area contributed by atoms with Crippen LogP contribution in [-0.2, 0) is 4.79 Å². The maximum Gasteiger partial charge on any atom is 0.252 e. The summed E-state index contributed by atoms with van der Waals surface area (Å²) in [6.07, 6.45) is 2.07. The molecular weight excluding hydrogens is 435 g/mol. The number of anilines is 1. The van der Waals surface area contributed by atoms with Crippen LogP contribution in [0, 0.1) is 16.9 Å². The summed E-state index contributed by atoms with van der Waals surface area (Å²) >= 11 is 8.59. The number of nitrogens with zero attached hydrogens (tertiary/aromatic N) is 3. The third kappa shape index (κ3) is 4.90. The predicted octanol–water partition coefficient (Wildman–Crippen LogP) is 4.37. The number of carbonyl (C=O) groups is 1. The molecular formula is C17H17ClF3N3O2S2. The maximum atomic E-state index is 13.5. The standard InChI is InChI=1S/C17H17ClF3N3O2S2/c1-2-24(13(25)3-4-27-9-11-6-17(11,20)21)16-14(18)22-15(28-16)10-5-12(19)8-23(26)7-10/h5,7-8,11H,2-4,6,9H2,1H3. The van der Waals surface area contributed by atoms with Crippen molar-refractivity contribution in [3.05, 3.63) is 34.6 Å². The molecule has 1 saturated carbocycles. The van der Waals surface area contributed by atoms with Crippen LogP contribution in [0.25, 0.3) is 10.6 Å². The maximum absolute atomic E-state index is 13.5. The molecule has 0 aromatic carbocycles. The summed E-state index contributed by atoms with van der Waals surface area (Å²) in [6.45, 7) is 2.12. The van der Waals surface area contributed by atoms with Crippen LogP contribution in [0.1, 0.15) is 19.8 Å². The van der Waals surface area contributed by atoms with Crippen molar-refractivity contribution in [1.82, 2.24) is 4.98 Å². The van der Waals surface area contributed by atoms with E-state index in [2.05, 4.69) is 4.98 Å². The van der Waals surface area contributed by atoms with Crippen molar-refractivity contribution >= 4 is 45.6 Å². The van der Waals surface area contributed by atoms with Gasteiger partial charge in [0.1, 0.15) is 10.0 Å². The summed E-state index contributed by atoms with van der Waals surface area (Å²) in [4.78, 5) is 18.1. The summed E-state index contributed by atoms with van der Waals surface area (Å²) in [5.74, 6) is -3.26. The van der Waals surface area contributed by atoms with Gasteiger partial charge >= 0.3 is 0 Å². The van der Waals surface area contributed by atoms with Gasteiger partial charge in [0.2, 0.25) is 12.1 Å². The molecule has 0 radical (unpaired) electrons. The number of pyridine rings is 1. The molecule has 2 aromatic rings. The highest BCUT2D eigenvalue weighted by Gasteiger charge is 2.56. The van der Waals surface area contributed by atoms with E-state index in [1.54, 1.807) is 6.92 Å². The lowest BCUT2D eigenvalue weighted by Crippen LogP contribution is -2.30. The lowest BCUT2D eigenvalue weighted by molar-refractivity contribution is -0.606. The van der Waals surface area contributed by atoms with Gasteiger partial charge in [-0.1, -0.05) is 22.9 Å². The molecule has 0 aliphatic heterocycles. The van der Waals surface area contributed by atoms with Gasteiger partial charge in [-0.3, -0.25) is 4.79 Å². The van der Waals surface area contributed by atoms with Crippen LogP contribution in [0.3, 0.4) is 0 Å². The largest absolute Gasteiger partial charge is 0.619 e. The Morgan fingerprint density at radius 2 is 2.25 bits per heavy atom. The molecule has 2 heterocycles. The number of hydrogen-bond donors (Lipinski definition) is 0. The van der Waals surface area contributed by atoms with Crippen molar-refractivity contribution in [2.24, 2.45) is 5.92 Å². The van der Waals surface area contributed by atoms with Crippen molar-refractivity contribution in [3.63, 3.8) is 0 Å². The van der Waals surface area contributed by atoms with E-state index in [9.17, 15) is 23.2 Å². The van der Waals surface area contributed by atoms with Gasteiger partial charge in [-0.2, -0.15) is 16.5 Å². The molecule has 28 heavy (non-hydrogen) atoms. The Balaban J connectivity index is 1.64. The average molecular weight is 452 g/mol. The zero-order chi connectivity index (χ0) is 20.5. The molecule has 1 fully saturated rings. The average Bonchev–Trinajstić information content (AvgIpc) is 3.03. The topological polar surface area (TPSA) is 60.1 Å². The van der Waals surface area contributed by atoms with E-state index < -0.39 is 17.7 Å². The molecule has 1 unspecified atom stereocenters. The molecule has 1 aliphatic carbocycles. The first-order valence-corrected chi connectivity index (χ1v) is 10.9. The monoisotopic (exact) mass is 451 g/mol. The summed E-state index contributed by atoms with van der Waals surface area (Å²) in [5.41, 5.74) is 0.262. The number of rotatable bonds is 8. The van der Waals surface area contributed by atoms with Crippen LogP contribution in [0.4, 0.5) is 18.2 Å². The summed E-state index contributed by atoms with van der Waals surface area (Å²) < 4.78 is 39.5. The van der Waals surface area contributed by atoms with E-state index in [1.807, 2.05) is 0 Å². The number of aromatic nitrogens is 2. The van der Waals surface area contributed by atoms with Crippen LogP contribution in [0.15, 0.2) is 18.5 Å². The third-order valence-corrected chi connectivity index (χ3v) is 6.86. The van der Waals surface area contributed by atoms with Crippen LogP contribution in [-0.4, -0.2) is 34.9 Å². The number of amides is 1. The molecule has 0 bridgehead atoms. The second-order valence-corrected chi connectivity index (χ2v) is 8.83. The number of thiazole rings is 1. The molecule has 1 aliphatic rings. The lowest BCUT2D eigenvalue weighted by Gasteiger charge is -2.18. The number of hydrogen-bond acceptors (Lipinski definition) is 5. The number of thioether (sulfide) groups is 1. The highest BCUT2D eigenvalue weighted by molar-refractivity contribution is 7.99. The quantitative estimate of drug-likeness (QED) is 0.340. The Labute approximate surface area is 173 Å². The number of halogens is 4. The molecule has 3 rings (SSSR count). The minimum atomic E-state index is -2.54. The van der Waals surface area contributed by atoms with Crippen molar-refractivity contribution in [3.8, 4) is 10.6 Å². The zero-order valence-corrected chi connectivity index (χ0v) is 17.2. The normalized spacial score (nSPS) is 17.5. The van der Waals surface area contributed by atoms with E-state index in [4.69, 9.17) is 11.6 Å². The first-order chi connectivity index (χ1) is 13.2. The van der Waals surface area contributed by atoms with Gasteiger partial charge in [0.25, 0.3) is 5.92 Å².